The van der Waals surface area contributed by atoms with Crippen LogP contribution >= 0.6 is 23.2 Å². The van der Waals surface area contributed by atoms with Crippen LogP contribution in [-0.4, -0.2) is 41.7 Å². The predicted molar refractivity (Wildman–Crippen MR) is 79.2 cm³/mol. The second kappa shape index (κ2) is 6.95. The van der Waals surface area contributed by atoms with Gasteiger partial charge in [-0.15, -0.1) is 11.6 Å². The molecule has 0 aliphatic carbocycles. The van der Waals surface area contributed by atoms with Crippen LogP contribution in [0.1, 0.15) is 23.2 Å². The molecule has 0 atom stereocenters. The highest BCUT2D eigenvalue weighted by Gasteiger charge is 2.23. The molecule has 1 fully saturated rings. The number of carbonyl (C=O) groups excluding carboxylic acids is 2. The van der Waals surface area contributed by atoms with Crippen molar-refractivity contribution < 1.29 is 9.59 Å². The van der Waals surface area contributed by atoms with Crippen LogP contribution in [-0.2, 0) is 4.79 Å². The predicted octanol–water partition coefficient (Wildman–Crippen LogP) is 2.30. The van der Waals surface area contributed by atoms with Gasteiger partial charge in [0.15, 0.2) is 0 Å². The van der Waals surface area contributed by atoms with Crippen molar-refractivity contribution in [3.63, 3.8) is 0 Å². The van der Waals surface area contributed by atoms with Gasteiger partial charge < -0.3 is 10.2 Å². The Morgan fingerprint density at radius 2 is 2.00 bits per heavy atom. The van der Waals surface area contributed by atoms with Gasteiger partial charge in [-0.1, -0.05) is 17.7 Å². The molecule has 1 aromatic rings. The van der Waals surface area contributed by atoms with Crippen molar-refractivity contribution in [2.75, 3.05) is 19.0 Å². The monoisotopic (exact) mass is 314 g/mol. The third-order valence-corrected chi connectivity index (χ3v) is 3.85. The Balaban J connectivity index is 1.86. The van der Waals surface area contributed by atoms with Crippen LogP contribution in [0.3, 0.4) is 0 Å². The number of piperidine rings is 1. The lowest BCUT2D eigenvalue weighted by Gasteiger charge is -2.32. The van der Waals surface area contributed by atoms with Crippen LogP contribution in [0.2, 0.25) is 5.02 Å². The van der Waals surface area contributed by atoms with Crippen molar-refractivity contribution in [3.05, 3.63) is 34.9 Å². The van der Waals surface area contributed by atoms with Gasteiger partial charge in [0.1, 0.15) is 5.88 Å². The van der Waals surface area contributed by atoms with Crippen molar-refractivity contribution in [2.24, 2.45) is 0 Å². The van der Waals surface area contributed by atoms with Gasteiger partial charge >= 0.3 is 0 Å². The van der Waals surface area contributed by atoms with E-state index in [1.54, 1.807) is 29.2 Å². The molecule has 0 bridgehead atoms. The first kappa shape index (κ1) is 15.1. The van der Waals surface area contributed by atoms with Gasteiger partial charge in [0.05, 0.1) is 0 Å². The Kier molecular flexibility index (Phi) is 5.26. The van der Waals surface area contributed by atoms with Gasteiger partial charge in [-0.2, -0.15) is 0 Å². The molecule has 0 unspecified atom stereocenters. The molecule has 20 heavy (non-hydrogen) atoms. The average Bonchev–Trinajstić information content (AvgIpc) is 2.47. The van der Waals surface area contributed by atoms with Crippen molar-refractivity contribution in [2.45, 2.75) is 18.9 Å². The molecule has 1 aromatic carbocycles. The molecular formula is C14H16Cl2N2O2. The fourth-order valence-electron chi connectivity index (χ4n) is 2.26. The topological polar surface area (TPSA) is 49.4 Å². The summed E-state index contributed by atoms with van der Waals surface area (Å²) in [4.78, 5) is 25.2. The van der Waals surface area contributed by atoms with Gasteiger partial charge in [0.25, 0.3) is 5.91 Å². The van der Waals surface area contributed by atoms with E-state index in [1.165, 1.54) is 0 Å². The van der Waals surface area contributed by atoms with Gasteiger partial charge in [-0.3, -0.25) is 9.59 Å². The fraction of sp³-hybridized carbons (Fsp3) is 0.429. The first-order valence-electron chi connectivity index (χ1n) is 6.50. The summed E-state index contributed by atoms with van der Waals surface area (Å²) in [6.07, 6.45) is 1.49. The van der Waals surface area contributed by atoms with E-state index in [2.05, 4.69) is 5.32 Å². The lowest BCUT2D eigenvalue weighted by Crippen LogP contribution is -2.46. The van der Waals surface area contributed by atoms with E-state index in [0.29, 0.717) is 23.7 Å². The number of rotatable bonds is 3. The van der Waals surface area contributed by atoms with Crippen molar-refractivity contribution in [1.29, 1.82) is 0 Å². The van der Waals surface area contributed by atoms with Crippen LogP contribution in [0, 0.1) is 0 Å². The highest BCUT2D eigenvalue weighted by molar-refractivity contribution is 6.31. The number of hydrogen-bond donors (Lipinski definition) is 1. The zero-order valence-electron chi connectivity index (χ0n) is 10.9. The Morgan fingerprint density at radius 1 is 1.30 bits per heavy atom. The third-order valence-electron chi connectivity index (χ3n) is 3.38. The van der Waals surface area contributed by atoms with E-state index in [9.17, 15) is 9.59 Å². The van der Waals surface area contributed by atoms with Crippen LogP contribution in [0.25, 0.3) is 0 Å². The highest BCUT2D eigenvalue weighted by Crippen LogP contribution is 2.14. The largest absolute Gasteiger partial charge is 0.349 e. The van der Waals surface area contributed by atoms with Crippen LogP contribution < -0.4 is 5.32 Å². The normalized spacial score (nSPS) is 16.0. The molecule has 1 aliphatic heterocycles. The number of nitrogens with zero attached hydrogens (tertiary/aromatic N) is 1. The smallest absolute Gasteiger partial charge is 0.251 e. The lowest BCUT2D eigenvalue weighted by molar-refractivity contribution is -0.129. The molecule has 0 saturated carbocycles. The summed E-state index contributed by atoms with van der Waals surface area (Å²) >= 11 is 11.4. The molecule has 4 nitrogen and oxygen atoms in total. The number of alkyl halides is 1. The molecule has 2 amide bonds. The maximum atomic E-state index is 12.1. The van der Waals surface area contributed by atoms with Crippen molar-refractivity contribution in [3.8, 4) is 0 Å². The summed E-state index contributed by atoms with van der Waals surface area (Å²) in [7, 11) is 0. The maximum absolute atomic E-state index is 12.1. The molecule has 6 heteroatoms. The fourth-order valence-corrected chi connectivity index (χ4v) is 2.62. The van der Waals surface area contributed by atoms with Gasteiger partial charge in [-0.05, 0) is 31.0 Å². The number of carbonyl (C=O) groups is 2. The number of amides is 2. The number of nitrogens with one attached hydrogen (secondary N) is 1. The van der Waals surface area contributed by atoms with E-state index < -0.39 is 0 Å². The molecule has 1 N–H and O–H groups in total. The Hall–Kier alpha value is -1.26. The molecule has 2 rings (SSSR count). The molecular weight excluding hydrogens is 299 g/mol. The molecule has 0 aromatic heterocycles. The van der Waals surface area contributed by atoms with Crippen LogP contribution in [0.15, 0.2) is 24.3 Å². The Morgan fingerprint density at radius 3 is 2.60 bits per heavy atom. The van der Waals surface area contributed by atoms with E-state index in [1.807, 2.05) is 0 Å². The van der Waals surface area contributed by atoms with Gasteiger partial charge in [-0.25, -0.2) is 0 Å². The van der Waals surface area contributed by atoms with E-state index >= 15 is 0 Å². The standard InChI is InChI=1S/C14H16Cl2N2O2/c15-9-13(19)18-6-4-12(5-7-18)17-14(20)10-2-1-3-11(16)8-10/h1-3,8,12H,4-7,9H2,(H,17,20). The van der Waals surface area contributed by atoms with E-state index in [4.69, 9.17) is 23.2 Å². The Labute approximate surface area is 128 Å². The first-order valence-corrected chi connectivity index (χ1v) is 7.41. The number of hydrogen-bond acceptors (Lipinski definition) is 2. The number of halogens is 2. The van der Waals surface area contributed by atoms with Gasteiger partial charge in [0.2, 0.25) is 5.91 Å². The highest BCUT2D eigenvalue weighted by atomic mass is 35.5. The molecule has 1 heterocycles. The minimum Gasteiger partial charge on any atom is -0.349 e. The SMILES string of the molecule is O=C(NC1CCN(C(=O)CCl)CC1)c1cccc(Cl)c1. The second-order valence-corrected chi connectivity index (χ2v) is 5.48. The van der Waals surface area contributed by atoms with Gasteiger partial charge in [0, 0.05) is 29.7 Å². The van der Waals surface area contributed by atoms with Crippen LogP contribution in [0.4, 0.5) is 0 Å². The summed E-state index contributed by atoms with van der Waals surface area (Å²) in [5, 5.41) is 3.51. The molecule has 1 aliphatic rings. The van der Waals surface area contributed by atoms with E-state index in [0.717, 1.165) is 12.8 Å². The summed E-state index contributed by atoms with van der Waals surface area (Å²) < 4.78 is 0. The summed E-state index contributed by atoms with van der Waals surface area (Å²) in [6.45, 7) is 1.26. The summed E-state index contributed by atoms with van der Waals surface area (Å²) in [5.74, 6) is -0.166. The Bertz CT molecular complexity index is 500. The van der Waals surface area contributed by atoms with Crippen LogP contribution in [0.5, 0.6) is 0 Å². The molecule has 0 radical (unpaired) electrons. The number of benzene rings is 1. The minimum atomic E-state index is -0.130. The first-order chi connectivity index (χ1) is 9.60. The zero-order chi connectivity index (χ0) is 14.5. The minimum absolute atomic E-state index is 0.0134. The van der Waals surface area contributed by atoms with E-state index in [-0.39, 0.29) is 23.7 Å². The quantitative estimate of drug-likeness (QED) is 0.870. The lowest BCUT2D eigenvalue weighted by atomic mass is 10.0. The summed E-state index contributed by atoms with van der Waals surface area (Å²) in [5.41, 5.74) is 0.553. The van der Waals surface area contributed by atoms with Crippen molar-refractivity contribution >= 4 is 35.0 Å². The molecule has 1 saturated heterocycles. The van der Waals surface area contributed by atoms with Crippen molar-refractivity contribution in [1.82, 2.24) is 10.2 Å². The zero-order valence-corrected chi connectivity index (χ0v) is 12.5. The number of likely N-dealkylation sites (tertiary alicyclic amines) is 1. The molecule has 108 valence electrons. The third kappa shape index (κ3) is 3.87. The average molecular weight is 315 g/mol. The molecule has 0 spiro atoms. The maximum Gasteiger partial charge on any atom is 0.251 e. The summed E-state index contributed by atoms with van der Waals surface area (Å²) in [6, 6.07) is 6.94. The second-order valence-electron chi connectivity index (χ2n) is 4.77.